The molecule has 114 valence electrons. The SMILES string of the molecule is FC(F)(F)c1cccc(COc2ccc3c(c2)C=NCC3)c1. The minimum absolute atomic E-state index is 0.0971. The van der Waals surface area contributed by atoms with Crippen LogP contribution < -0.4 is 4.74 Å². The van der Waals surface area contributed by atoms with E-state index >= 15 is 0 Å². The van der Waals surface area contributed by atoms with Crippen molar-refractivity contribution >= 4 is 6.21 Å². The van der Waals surface area contributed by atoms with Crippen LogP contribution in [0.5, 0.6) is 5.75 Å². The maximum atomic E-state index is 12.7. The normalized spacial score (nSPS) is 13.8. The molecule has 1 aliphatic heterocycles. The summed E-state index contributed by atoms with van der Waals surface area (Å²) < 4.78 is 43.6. The van der Waals surface area contributed by atoms with E-state index in [9.17, 15) is 13.2 Å². The van der Waals surface area contributed by atoms with Gasteiger partial charge in [-0.25, -0.2) is 0 Å². The number of hydrogen-bond donors (Lipinski definition) is 0. The van der Waals surface area contributed by atoms with Crippen LogP contribution in [0.3, 0.4) is 0 Å². The second-order valence-corrected chi connectivity index (χ2v) is 5.13. The third-order valence-corrected chi connectivity index (χ3v) is 3.52. The van der Waals surface area contributed by atoms with E-state index in [4.69, 9.17) is 4.74 Å². The van der Waals surface area contributed by atoms with Gasteiger partial charge in [-0.15, -0.1) is 0 Å². The lowest BCUT2D eigenvalue weighted by Gasteiger charge is -2.13. The predicted molar refractivity (Wildman–Crippen MR) is 78.4 cm³/mol. The summed E-state index contributed by atoms with van der Waals surface area (Å²) >= 11 is 0. The topological polar surface area (TPSA) is 21.6 Å². The summed E-state index contributed by atoms with van der Waals surface area (Å²) in [4.78, 5) is 4.21. The summed E-state index contributed by atoms with van der Waals surface area (Å²) in [6.07, 6.45) is -1.63. The number of aliphatic imine (C=N–C) groups is 1. The van der Waals surface area contributed by atoms with E-state index in [1.54, 1.807) is 12.3 Å². The fourth-order valence-corrected chi connectivity index (χ4v) is 2.36. The molecule has 2 nitrogen and oxygen atoms in total. The lowest BCUT2D eigenvalue weighted by Crippen LogP contribution is -2.06. The maximum absolute atomic E-state index is 12.7. The maximum Gasteiger partial charge on any atom is 0.416 e. The van der Waals surface area contributed by atoms with E-state index in [2.05, 4.69) is 4.99 Å². The Morgan fingerprint density at radius 3 is 2.77 bits per heavy atom. The molecule has 0 spiro atoms. The number of halogens is 3. The average molecular weight is 305 g/mol. The molecular weight excluding hydrogens is 291 g/mol. The highest BCUT2D eigenvalue weighted by Gasteiger charge is 2.30. The number of fused-ring (bicyclic) bond motifs is 1. The Morgan fingerprint density at radius 2 is 1.95 bits per heavy atom. The molecule has 0 radical (unpaired) electrons. The molecule has 0 aromatic heterocycles. The molecule has 0 amide bonds. The van der Waals surface area contributed by atoms with Gasteiger partial charge in [-0.3, -0.25) is 4.99 Å². The lowest BCUT2D eigenvalue weighted by atomic mass is 10.0. The van der Waals surface area contributed by atoms with Crippen LogP contribution in [0.2, 0.25) is 0 Å². The highest BCUT2D eigenvalue weighted by Crippen LogP contribution is 2.30. The fourth-order valence-electron chi connectivity index (χ4n) is 2.36. The average Bonchev–Trinajstić information content (AvgIpc) is 2.52. The monoisotopic (exact) mass is 305 g/mol. The van der Waals surface area contributed by atoms with Crippen molar-refractivity contribution in [2.75, 3.05) is 6.54 Å². The van der Waals surface area contributed by atoms with Gasteiger partial charge >= 0.3 is 6.18 Å². The van der Waals surface area contributed by atoms with Crippen LogP contribution in [0.25, 0.3) is 0 Å². The summed E-state index contributed by atoms with van der Waals surface area (Å²) in [5, 5.41) is 0. The highest BCUT2D eigenvalue weighted by atomic mass is 19.4. The lowest BCUT2D eigenvalue weighted by molar-refractivity contribution is -0.137. The molecule has 5 heteroatoms. The molecule has 0 saturated heterocycles. The zero-order valence-corrected chi connectivity index (χ0v) is 11.7. The number of benzene rings is 2. The van der Waals surface area contributed by atoms with Crippen molar-refractivity contribution in [3.63, 3.8) is 0 Å². The third kappa shape index (κ3) is 3.30. The molecule has 0 bridgehead atoms. The molecule has 3 rings (SSSR count). The van der Waals surface area contributed by atoms with Gasteiger partial charge < -0.3 is 4.74 Å². The second-order valence-electron chi connectivity index (χ2n) is 5.13. The predicted octanol–water partition coefficient (Wildman–Crippen LogP) is 4.26. The molecule has 22 heavy (non-hydrogen) atoms. The Bertz CT molecular complexity index is 707. The molecule has 0 atom stereocenters. The largest absolute Gasteiger partial charge is 0.489 e. The van der Waals surface area contributed by atoms with Crippen LogP contribution >= 0.6 is 0 Å². The Kier molecular flexibility index (Phi) is 3.88. The van der Waals surface area contributed by atoms with Gasteiger partial charge in [-0.1, -0.05) is 18.2 Å². The summed E-state index contributed by atoms with van der Waals surface area (Å²) in [5.41, 5.74) is 2.04. The summed E-state index contributed by atoms with van der Waals surface area (Å²) in [5.74, 6) is 0.629. The summed E-state index contributed by atoms with van der Waals surface area (Å²) in [7, 11) is 0. The van der Waals surface area contributed by atoms with E-state index in [1.807, 2.05) is 18.2 Å². The van der Waals surface area contributed by atoms with Crippen molar-refractivity contribution in [1.29, 1.82) is 0 Å². The first-order chi connectivity index (χ1) is 10.5. The van der Waals surface area contributed by atoms with Crippen LogP contribution in [-0.2, 0) is 19.2 Å². The number of rotatable bonds is 3. The number of hydrogen-bond acceptors (Lipinski definition) is 2. The van der Waals surface area contributed by atoms with Gasteiger partial charge in [0.15, 0.2) is 0 Å². The minimum Gasteiger partial charge on any atom is -0.489 e. The summed E-state index contributed by atoms with van der Waals surface area (Å²) in [6.45, 7) is 0.886. The van der Waals surface area contributed by atoms with Crippen LogP contribution in [0.15, 0.2) is 47.5 Å². The number of alkyl halides is 3. The van der Waals surface area contributed by atoms with Crippen molar-refractivity contribution in [2.45, 2.75) is 19.2 Å². The van der Waals surface area contributed by atoms with Gasteiger partial charge in [0.05, 0.1) is 5.56 Å². The highest BCUT2D eigenvalue weighted by molar-refractivity contribution is 5.83. The third-order valence-electron chi connectivity index (χ3n) is 3.52. The molecular formula is C17H14F3NO. The molecule has 2 aromatic rings. The standard InChI is InChI=1S/C17H14F3NO/c18-17(19,20)15-3-1-2-12(8-15)11-22-16-5-4-13-6-7-21-10-14(13)9-16/h1-5,8-10H,6-7,11H2. The Labute approximate surface area is 126 Å². The van der Waals surface area contributed by atoms with Crippen molar-refractivity contribution in [3.8, 4) is 5.75 Å². The Morgan fingerprint density at radius 1 is 1.09 bits per heavy atom. The van der Waals surface area contributed by atoms with E-state index < -0.39 is 11.7 Å². The molecule has 0 fully saturated rings. The van der Waals surface area contributed by atoms with Crippen LogP contribution in [0, 0.1) is 0 Å². The van der Waals surface area contributed by atoms with Gasteiger partial charge in [-0.2, -0.15) is 13.2 Å². The minimum atomic E-state index is -4.34. The molecule has 1 aliphatic rings. The quantitative estimate of drug-likeness (QED) is 0.830. The summed E-state index contributed by atoms with van der Waals surface area (Å²) in [6, 6.07) is 10.9. The van der Waals surface area contributed by atoms with Crippen molar-refractivity contribution in [3.05, 3.63) is 64.7 Å². The van der Waals surface area contributed by atoms with Gasteiger partial charge in [0.1, 0.15) is 12.4 Å². The molecule has 0 unspecified atom stereocenters. The van der Waals surface area contributed by atoms with Crippen molar-refractivity contribution in [2.24, 2.45) is 4.99 Å². The van der Waals surface area contributed by atoms with Crippen molar-refractivity contribution in [1.82, 2.24) is 0 Å². The molecule has 2 aromatic carbocycles. The zero-order chi connectivity index (χ0) is 15.6. The second kappa shape index (κ2) is 5.83. The molecule has 1 heterocycles. The van der Waals surface area contributed by atoms with Gasteiger partial charge in [0.2, 0.25) is 0 Å². The number of nitrogens with zero attached hydrogens (tertiary/aromatic N) is 1. The van der Waals surface area contributed by atoms with Crippen molar-refractivity contribution < 1.29 is 17.9 Å². The van der Waals surface area contributed by atoms with Gasteiger partial charge in [0, 0.05) is 12.8 Å². The molecule has 0 aliphatic carbocycles. The Hall–Kier alpha value is -2.30. The zero-order valence-electron chi connectivity index (χ0n) is 11.7. The van der Waals surface area contributed by atoms with E-state index in [-0.39, 0.29) is 6.61 Å². The van der Waals surface area contributed by atoms with E-state index in [0.717, 1.165) is 30.7 Å². The molecule has 0 N–H and O–H groups in total. The first kappa shape index (κ1) is 14.6. The first-order valence-electron chi connectivity index (χ1n) is 6.94. The van der Waals surface area contributed by atoms with Crippen LogP contribution in [0.1, 0.15) is 22.3 Å². The van der Waals surface area contributed by atoms with Gasteiger partial charge in [0.25, 0.3) is 0 Å². The van der Waals surface area contributed by atoms with E-state index in [0.29, 0.717) is 11.3 Å². The molecule has 0 saturated carbocycles. The fraction of sp³-hybridized carbons (Fsp3) is 0.235. The first-order valence-corrected chi connectivity index (χ1v) is 6.94. The van der Waals surface area contributed by atoms with E-state index in [1.165, 1.54) is 11.6 Å². The smallest absolute Gasteiger partial charge is 0.416 e. The van der Waals surface area contributed by atoms with Crippen LogP contribution in [-0.4, -0.2) is 12.8 Å². The Balaban J connectivity index is 1.72. The number of ether oxygens (including phenoxy) is 1. The van der Waals surface area contributed by atoms with Crippen LogP contribution in [0.4, 0.5) is 13.2 Å². The van der Waals surface area contributed by atoms with Gasteiger partial charge in [-0.05, 0) is 47.4 Å².